The van der Waals surface area contributed by atoms with E-state index < -0.39 is 23.4 Å². The number of nitrogens with one attached hydrogen (secondary N) is 1. The summed E-state index contributed by atoms with van der Waals surface area (Å²) in [6.45, 7) is 6.79. The molecule has 2 unspecified atom stereocenters. The maximum Gasteiger partial charge on any atom is 0.410 e. The number of hydrogen-bond donors (Lipinski definition) is 2. The van der Waals surface area contributed by atoms with Crippen molar-refractivity contribution in [3.05, 3.63) is 62.0 Å². The minimum Gasteiger partial charge on any atom is -0.507 e. The molecule has 34 heavy (non-hydrogen) atoms. The number of amides is 1. The lowest BCUT2D eigenvalue weighted by atomic mass is 9.94. The second-order valence-electron chi connectivity index (χ2n) is 8.02. The molecule has 2 N–H and O–H groups in total. The van der Waals surface area contributed by atoms with Gasteiger partial charge in [-0.05, 0) is 44.7 Å². The Kier molecular flexibility index (Phi) is 11.0. The Hall–Kier alpha value is -2.91. The molecule has 2 atom stereocenters. The summed E-state index contributed by atoms with van der Waals surface area (Å²) in [6.07, 6.45) is 5.12. The molecule has 0 aliphatic rings. The van der Waals surface area contributed by atoms with Crippen LogP contribution in [0.3, 0.4) is 0 Å². The van der Waals surface area contributed by atoms with Crippen LogP contribution in [0.2, 0.25) is 0 Å². The first-order valence-electron chi connectivity index (χ1n) is 11.3. The molecular formula is C25H33NO7S. The van der Waals surface area contributed by atoms with Crippen molar-refractivity contribution in [2.45, 2.75) is 59.0 Å². The van der Waals surface area contributed by atoms with Crippen LogP contribution in [0.25, 0.3) is 0 Å². The zero-order valence-corrected chi connectivity index (χ0v) is 20.9. The number of methoxy groups -OCH3 is 1. The fraction of sp³-hybridized carbons (Fsp3) is 0.480. The third-order valence-electron chi connectivity index (χ3n) is 5.39. The first kappa shape index (κ1) is 27.3. The fourth-order valence-corrected chi connectivity index (χ4v) is 4.27. The SMILES string of the molecule is CCOCc1ccc(CCC(C)C(=O)c2c(O)cc(C(C)CC/C=C/NC(=O)OC)oc2=O)s1. The lowest BCUT2D eigenvalue weighted by molar-refractivity contribution is 0.0916. The van der Waals surface area contributed by atoms with Crippen LogP contribution in [0.4, 0.5) is 4.79 Å². The van der Waals surface area contributed by atoms with Crippen LogP contribution in [-0.4, -0.2) is 30.7 Å². The molecule has 2 rings (SSSR count). The van der Waals surface area contributed by atoms with E-state index >= 15 is 0 Å². The molecule has 0 radical (unpaired) electrons. The Morgan fingerprint density at radius 2 is 1.97 bits per heavy atom. The molecule has 9 heteroatoms. The molecule has 2 aromatic rings. The molecule has 0 saturated carbocycles. The average molecular weight is 492 g/mol. The highest BCUT2D eigenvalue weighted by Gasteiger charge is 2.25. The number of ether oxygens (including phenoxy) is 2. The molecule has 1 amide bonds. The van der Waals surface area contributed by atoms with Crippen LogP contribution in [0.5, 0.6) is 5.75 Å². The van der Waals surface area contributed by atoms with Gasteiger partial charge in [0.25, 0.3) is 0 Å². The monoisotopic (exact) mass is 491 g/mol. The Balaban J connectivity index is 1.95. The standard InChI is InChI=1S/C25H33NO7S/c1-5-32-15-19-12-11-18(34-19)10-9-17(3)23(28)22-20(27)14-21(33-24(22)29)16(2)8-6-7-13-26-25(30)31-4/h7,11-14,16-17,27H,5-6,8-10,15H2,1-4H3,(H,26,30)/b13-7+. The second-order valence-corrected chi connectivity index (χ2v) is 9.28. The van der Waals surface area contributed by atoms with Crippen molar-refractivity contribution >= 4 is 23.2 Å². The number of thiophene rings is 1. The molecule has 0 bridgehead atoms. The molecule has 0 aliphatic heterocycles. The fourth-order valence-electron chi connectivity index (χ4n) is 3.30. The van der Waals surface area contributed by atoms with Gasteiger partial charge < -0.3 is 19.0 Å². The molecule has 0 saturated heterocycles. The Labute approximate surface area is 203 Å². The Bertz CT molecular complexity index is 1040. The zero-order valence-electron chi connectivity index (χ0n) is 20.1. The van der Waals surface area contributed by atoms with Gasteiger partial charge >= 0.3 is 11.7 Å². The summed E-state index contributed by atoms with van der Waals surface area (Å²) in [4.78, 5) is 38.7. The summed E-state index contributed by atoms with van der Waals surface area (Å²) in [5.41, 5.74) is -1.12. The minimum absolute atomic E-state index is 0.173. The molecular weight excluding hydrogens is 458 g/mol. The molecule has 8 nitrogen and oxygen atoms in total. The van der Waals surface area contributed by atoms with Gasteiger partial charge in [-0.25, -0.2) is 9.59 Å². The van der Waals surface area contributed by atoms with E-state index in [-0.39, 0.29) is 17.2 Å². The largest absolute Gasteiger partial charge is 0.507 e. The lowest BCUT2D eigenvalue weighted by Gasteiger charge is -2.13. The predicted molar refractivity (Wildman–Crippen MR) is 130 cm³/mol. The summed E-state index contributed by atoms with van der Waals surface area (Å²) < 4.78 is 15.3. The maximum absolute atomic E-state index is 12.9. The molecule has 0 spiro atoms. The van der Waals surface area contributed by atoms with Gasteiger partial charge in [-0.15, -0.1) is 11.3 Å². The number of carbonyl (C=O) groups is 2. The molecule has 2 aromatic heterocycles. The number of allylic oxidation sites excluding steroid dienone is 1. The minimum atomic E-state index is -0.822. The van der Waals surface area contributed by atoms with E-state index in [1.807, 2.05) is 26.0 Å². The number of aryl methyl sites for hydroxylation is 1. The number of hydrogen-bond acceptors (Lipinski definition) is 8. The van der Waals surface area contributed by atoms with Crippen LogP contribution in [0.1, 0.15) is 71.8 Å². The van der Waals surface area contributed by atoms with Crippen molar-refractivity contribution < 1.29 is 28.6 Å². The van der Waals surface area contributed by atoms with Crippen LogP contribution in [-0.2, 0) is 22.5 Å². The highest BCUT2D eigenvalue weighted by atomic mass is 32.1. The third kappa shape index (κ3) is 8.14. The van der Waals surface area contributed by atoms with Gasteiger partial charge in [-0.1, -0.05) is 19.9 Å². The zero-order chi connectivity index (χ0) is 25.1. The summed E-state index contributed by atoms with van der Waals surface area (Å²) in [5.74, 6) is -1.09. The van der Waals surface area contributed by atoms with E-state index in [0.29, 0.717) is 44.7 Å². The van der Waals surface area contributed by atoms with Crippen molar-refractivity contribution in [1.29, 1.82) is 0 Å². The van der Waals surface area contributed by atoms with E-state index in [0.717, 1.165) is 9.75 Å². The van der Waals surface area contributed by atoms with Crippen LogP contribution >= 0.6 is 11.3 Å². The van der Waals surface area contributed by atoms with E-state index in [2.05, 4.69) is 10.1 Å². The van der Waals surface area contributed by atoms with Gasteiger partial charge in [0.15, 0.2) is 5.78 Å². The number of aromatic hydroxyl groups is 1. The first-order chi connectivity index (χ1) is 16.3. The molecule has 0 aliphatic carbocycles. The van der Waals surface area contributed by atoms with Gasteiger partial charge in [-0.2, -0.15) is 0 Å². The summed E-state index contributed by atoms with van der Waals surface area (Å²) in [6, 6.07) is 5.40. The molecule has 2 heterocycles. The second kappa shape index (κ2) is 13.7. The molecule has 0 aromatic carbocycles. The van der Waals surface area contributed by atoms with Crippen molar-refractivity contribution in [3.63, 3.8) is 0 Å². The van der Waals surface area contributed by atoms with Crippen molar-refractivity contribution in [2.75, 3.05) is 13.7 Å². The van der Waals surface area contributed by atoms with Crippen molar-refractivity contribution in [3.8, 4) is 5.75 Å². The quantitative estimate of drug-likeness (QED) is 0.372. The normalized spacial score (nSPS) is 13.1. The Morgan fingerprint density at radius 1 is 1.24 bits per heavy atom. The maximum atomic E-state index is 12.9. The van der Waals surface area contributed by atoms with Crippen LogP contribution < -0.4 is 10.9 Å². The van der Waals surface area contributed by atoms with E-state index in [1.165, 1.54) is 19.4 Å². The number of carbonyl (C=O) groups excluding carboxylic acids is 2. The highest BCUT2D eigenvalue weighted by Crippen LogP contribution is 2.27. The van der Waals surface area contributed by atoms with Crippen molar-refractivity contribution in [1.82, 2.24) is 5.32 Å². The van der Waals surface area contributed by atoms with Crippen LogP contribution in [0.15, 0.2) is 39.7 Å². The van der Waals surface area contributed by atoms with Gasteiger partial charge in [0.05, 0.1) is 13.7 Å². The predicted octanol–water partition coefficient (Wildman–Crippen LogP) is 5.15. The highest BCUT2D eigenvalue weighted by molar-refractivity contribution is 7.11. The third-order valence-corrected chi connectivity index (χ3v) is 6.51. The van der Waals surface area contributed by atoms with E-state index in [1.54, 1.807) is 24.3 Å². The van der Waals surface area contributed by atoms with Gasteiger partial charge in [0.2, 0.25) is 0 Å². The smallest absolute Gasteiger partial charge is 0.410 e. The lowest BCUT2D eigenvalue weighted by Crippen LogP contribution is -2.21. The summed E-state index contributed by atoms with van der Waals surface area (Å²) in [7, 11) is 1.28. The average Bonchev–Trinajstić information content (AvgIpc) is 3.27. The summed E-state index contributed by atoms with van der Waals surface area (Å²) >= 11 is 1.65. The van der Waals surface area contributed by atoms with Gasteiger partial charge in [0.1, 0.15) is 17.1 Å². The van der Waals surface area contributed by atoms with Crippen LogP contribution in [0, 0.1) is 5.92 Å². The van der Waals surface area contributed by atoms with E-state index in [9.17, 15) is 19.5 Å². The summed E-state index contributed by atoms with van der Waals surface area (Å²) in [5, 5.41) is 12.9. The molecule has 0 fully saturated rings. The van der Waals surface area contributed by atoms with Gasteiger partial charge in [-0.3, -0.25) is 10.1 Å². The number of Topliss-reactive ketones (excluding diaryl/α,β-unsaturated/α-hetero) is 1. The number of alkyl carbamates (subject to hydrolysis) is 1. The number of ketones is 1. The molecule has 186 valence electrons. The number of rotatable bonds is 13. The van der Waals surface area contributed by atoms with Crippen molar-refractivity contribution in [2.24, 2.45) is 5.92 Å². The van der Waals surface area contributed by atoms with Gasteiger partial charge in [0, 0.05) is 40.5 Å². The first-order valence-corrected chi connectivity index (χ1v) is 12.1. The van der Waals surface area contributed by atoms with E-state index in [4.69, 9.17) is 9.15 Å². The Morgan fingerprint density at radius 3 is 2.65 bits per heavy atom. The topological polar surface area (TPSA) is 115 Å².